The van der Waals surface area contributed by atoms with E-state index in [0.29, 0.717) is 12.2 Å². The van der Waals surface area contributed by atoms with Crippen LogP contribution in [0.4, 0.5) is 5.69 Å². The number of aromatic nitrogens is 3. The Morgan fingerprint density at radius 3 is 2.92 bits per heavy atom. The van der Waals surface area contributed by atoms with Crippen LogP contribution in [0.15, 0.2) is 48.0 Å². The number of nitrogens with zero attached hydrogens (tertiary/aromatic N) is 5. The Morgan fingerprint density at radius 1 is 1.38 bits per heavy atom. The van der Waals surface area contributed by atoms with Gasteiger partial charge in [0.2, 0.25) is 0 Å². The van der Waals surface area contributed by atoms with Crippen molar-refractivity contribution >= 4 is 22.9 Å². The predicted octanol–water partition coefficient (Wildman–Crippen LogP) is 2.51. The van der Waals surface area contributed by atoms with E-state index >= 15 is 0 Å². The Balaban J connectivity index is 1.78. The van der Waals surface area contributed by atoms with Crippen LogP contribution in [0, 0.1) is 10.1 Å². The molecule has 0 atom stereocenters. The molecular formula is C15H13N5O3S. The van der Waals surface area contributed by atoms with Crippen LogP contribution in [0.1, 0.15) is 15.4 Å². The molecule has 2 heterocycles. The highest BCUT2D eigenvalue weighted by Crippen LogP contribution is 2.17. The first-order chi connectivity index (χ1) is 11.5. The van der Waals surface area contributed by atoms with Crippen molar-refractivity contribution in [1.29, 1.82) is 0 Å². The molecule has 0 aliphatic carbocycles. The summed E-state index contributed by atoms with van der Waals surface area (Å²) >= 11 is 1.57. The second-order valence-corrected chi connectivity index (χ2v) is 6.10. The molecule has 8 nitrogen and oxygen atoms in total. The number of benzene rings is 1. The number of non-ortho nitro benzene ring substituents is 1. The fourth-order valence-electron chi connectivity index (χ4n) is 2.14. The topological polar surface area (TPSA) is 94.2 Å². The quantitative estimate of drug-likeness (QED) is 0.524. The maximum absolute atomic E-state index is 12.4. The minimum absolute atomic E-state index is 0.0503. The highest BCUT2D eigenvalue weighted by Gasteiger charge is 2.17. The third kappa shape index (κ3) is 3.30. The highest BCUT2D eigenvalue weighted by molar-refractivity contribution is 7.09. The molecule has 0 saturated heterocycles. The molecule has 1 aromatic carbocycles. The molecular weight excluding hydrogens is 330 g/mol. The van der Waals surface area contributed by atoms with Gasteiger partial charge in [-0.3, -0.25) is 14.9 Å². The Kier molecular flexibility index (Phi) is 4.34. The van der Waals surface area contributed by atoms with Crippen LogP contribution in [0.5, 0.6) is 0 Å². The van der Waals surface area contributed by atoms with Gasteiger partial charge < -0.3 is 4.90 Å². The lowest BCUT2D eigenvalue weighted by atomic mass is 10.3. The van der Waals surface area contributed by atoms with Gasteiger partial charge in [-0.05, 0) is 17.5 Å². The number of carbonyl (C=O) groups is 1. The van der Waals surface area contributed by atoms with E-state index in [1.54, 1.807) is 35.4 Å². The van der Waals surface area contributed by atoms with Crippen LogP contribution in [-0.4, -0.2) is 37.8 Å². The van der Waals surface area contributed by atoms with Crippen molar-refractivity contribution in [2.45, 2.75) is 6.54 Å². The summed E-state index contributed by atoms with van der Waals surface area (Å²) in [5.41, 5.74) is 0.600. The SMILES string of the molecule is CN(Cc1cccs1)C(=O)c1cn(-c2cccc([N+](=O)[O-])c2)nn1. The number of nitro groups is 1. The Hall–Kier alpha value is -3.07. The van der Waals surface area contributed by atoms with Crippen molar-refractivity contribution in [2.24, 2.45) is 0 Å². The van der Waals surface area contributed by atoms with Gasteiger partial charge in [0.1, 0.15) is 0 Å². The Labute approximate surface area is 141 Å². The molecule has 0 radical (unpaired) electrons. The van der Waals surface area contributed by atoms with Gasteiger partial charge in [0, 0.05) is 24.1 Å². The molecule has 122 valence electrons. The van der Waals surface area contributed by atoms with Crippen LogP contribution >= 0.6 is 11.3 Å². The van der Waals surface area contributed by atoms with E-state index in [4.69, 9.17) is 0 Å². The smallest absolute Gasteiger partial charge is 0.276 e. The zero-order valence-electron chi connectivity index (χ0n) is 12.7. The van der Waals surface area contributed by atoms with E-state index < -0.39 is 4.92 Å². The summed E-state index contributed by atoms with van der Waals surface area (Å²) in [6.45, 7) is 0.486. The van der Waals surface area contributed by atoms with E-state index in [1.807, 2.05) is 17.5 Å². The van der Waals surface area contributed by atoms with E-state index in [2.05, 4.69) is 10.3 Å². The van der Waals surface area contributed by atoms with Crippen molar-refractivity contribution in [3.8, 4) is 5.69 Å². The van der Waals surface area contributed by atoms with Gasteiger partial charge in [0.25, 0.3) is 11.6 Å². The molecule has 24 heavy (non-hydrogen) atoms. The molecule has 0 saturated carbocycles. The zero-order chi connectivity index (χ0) is 17.1. The van der Waals surface area contributed by atoms with Crippen LogP contribution < -0.4 is 0 Å². The molecule has 0 aliphatic heterocycles. The normalized spacial score (nSPS) is 10.5. The van der Waals surface area contributed by atoms with Gasteiger partial charge in [0.15, 0.2) is 5.69 Å². The van der Waals surface area contributed by atoms with Gasteiger partial charge in [0.05, 0.1) is 23.4 Å². The number of carbonyl (C=O) groups excluding carboxylic acids is 1. The van der Waals surface area contributed by atoms with Crippen molar-refractivity contribution in [1.82, 2.24) is 19.9 Å². The van der Waals surface area contributed by atoms with Crippen LogP contribution in [0.3, 0.4) is 0 Å². The largest absolute Gasteiger partial charge is 0.335 e. The number of nitro benzene ring substituents is 1. The van der Waals surface area contributed by atoms with E-state index in [9.17, 15) is 14.9 Å². The van der Waals surface area contributed by atoms with Crippen molar-refractivity contribution < 1.29 is 9.72 Å². The summed E-state index contributed by atoms with van der Waals surface area (Å²) in [5.74, 6) is -0.264. The number of thiophene rings is 1. The van der Waals surface area contributed by atoms with Crippen molar-refractivity contribution in [3.05, 3.63) is 68.7 Å². The Morgan fingerprint density at radius 2 is 2.21 bits per heavy atom. The first kappa shape index (κ1) is 15.8. The second kappa shape index (κ2) is 6.59. The summed E-state index contributed by atoms with van der Waals surface area (Å²) in [4.78, 5) is 25.4. The Bertz CT molecular complexity index is 875. The average molecular weight is 343 g/mol. The van der Waals surface area contributed by atoms with Gasteiger partial charge in [-0.2, -0.15) is 0 Å². The minimum Gasteiger partial charge on any atom is -0.335 e. The lowest BCUT2D eigenvalue weighted by molar-refractivity contribution is -0.384. The van der Waals surface area contributed by atoms with Gasteiger partial charge >= 0.3 is 0 Å². The van der Waals surface area contributed by atoms with E-state index in [-0.39, 0.29) is 17.3 Å². The first-order valence-corrected chi connectivity index (χ1v) is 7.87. The predicted molar refractivity (Wildman–Crippen MR) is 88.1 cm³/mol. The number of rotatable bonds is 5. The number of amides is 1. The molecule has 1 amide bonds. The molecule has 0 fully saturated rings. The fraction of sp³-hybridized carbons (Fsp3) is 0.133. The first-order valence-electron chi connectivity index (χ1n) is 6.99. The number of hydrogen-bond acceptors (Lipinski definition) is 6. The lowest BCUT2D eigenvalue weighted by Crippen LogP contribution is -2.26. The summed E-state index contributed by atoms with van der Waals surface area (Å²) in [7, 11) is 1.69. The van der Waals surface area contributed by atoms with Gasteiger partial charge in [-0.25, -0.2) is 4.68 Å². The van der Waals surface area contributed by atoms with Crippen LogP contribution in [0.25, 0.3) is 5.69 Å². The molecule has 9 heteroatoms. The molecule has 0 spiro atoms. The average Bonchev–Trinajstić information content (AvgIpc) is 3.26. The molecule has 0 bridgehead atoms. The highest BCUT2D eigenvalue weighted by atomic mass is 32.1. The number of hydrogen-bond donors (Lipinski definition) is 0. The van der Waals surface area contributed by atoms with Crippen molar-refractivity contribution in [3.63, 3.8) is 0 Å². The summed E-state index contributed by atoms with van der Waals surface area (Å²) < 4.78 is 1.35. The van der Waals surface area contributed by atoms with Gasteiger partial charge in [-0.15, -0.1) is 16.4 Å². The monoisotopic (exact) mass is 343 g/mol. The lowest BCUT2D eigenvalue weighted by Gasteiger charge is -2.14. The van der Waals surface area contributed by atoms with E-state index in [1.165, 1.54) is 23.0 Å². The molecule has 3 rings (SSSR count). The van der Waals surface area contributed by atoms with E-state index in [0.717, 1.165) is 4.88 Å². The standard InChI is InChI=1S/C15H13N5O3S/c1-18(9-13-6-3-7-24-13)15(21)14-10-19(17-16-14)11-4-2-5-12(8-11)20(22)23/h2-8,10H,9H2,1H3. The zero-order valence-corrected chi connectivity index (χ0v) is 13.5. The summed E-state index contributed by atoms with van der Waals surface area (Å²) in [5, 5.41) is 20.5. The molecule has 0 unspecified atom stereocenters. The third-order valence-corrected chi connectivity index (χ3v) is 4.20. The molecule has 0 N–H and O–H groups in total. The molecule has 3 aromatic rings. The van der Waals surface area contributed by atoms with Crippen molar-refractivity contribution in [2.75, 3.05) is 7.05 Å². The minimum atomic E-state index is -0.485. The molecule has 2 aromatic heterocycles. The second-order valence-electron chi connectivity index (χ2n) is 5.07. The van der Waals surface area contributed by atoms with Crippen LogP contribution in [0.2, 0.25) is 0 Å². The third-order valence-electron chi connectivity index (χ3n) is 3.34. The maximum atomic E-state index is 12.4. The molecule has 0 aliphatic rings. The van der Waals surface area contributed by atoms with Crippen LogP contribution in [-0.2, 0) is 6.54 Å². The summed E-state index contributed by atoms with van der Waals surface area (Å²) in [6, 6.07) is 9.86. The fourth-order valence-corrected chi connectivity index (χ4v) is 2.90. The summed E-state index contributed by atoms with van der Waals surface area (Å²) in [6.07, 6.45) is 1.46. The maximum Gasteiger partial charge on any atom is 0.276 e. The van der Waals surface area contributed by atoms with Gasteiger partial charge in [-0.1, -0.05) is 17.3 Å².